The van der Waals surface area contributed by atoms with Crippen LogP contribution in [-0.4, -0.2) is 51.8 Å². The SMILES string of the molecule is Cc1cc(Cl)cc(-c2ccnc3cc(CN4C(=O)CCC4=O)sc23)c1OC1CCN(C2CCC(C3CCCC3)CC2)CC1. The first-order valence-corrected chi connectivity index (χ1v) is 17.5. The lowest BCUT2D eigenvalue weighted by Crippen LogP contribution is -2.45. The van der Waals surface area contributed by atoms with Crippen LogP contribution in [0.1, 0.15) is 87.5 Å². The van der Waals surface area contributed by atoms with Gasteiger partial charge in [0, 0.05) is 59.2 Å². The highest BCUT2D eigenvalue weighted by molar-refractivity contribution is 7.19. The Kier molecular flexibility index (Phi) is 8.49. The molecule has 0 unspecified atom stereocenters. The number of thiophene rings is 1. The number of fused-ring (bicyclic) bond motifs is 1. The second-order valence-electron chi connectivity index (χ2n) is 13.2. The number of imide groups is 1. The van der Waals surface area contributed by atoms with E-state index < -0.39 is 0 Å². The molecule has 2 saturated heterocycles. The molecule has 0 spiro atoms. The van der Waals surface area contributed by atoms with Gasteiger partial charge in [0.25, 0.3) is 0 Å². The number of benzene rings is 1. The summed E-state index contributed by atoms with van der Waals surface area (Å²) in [6, 6.07) is 8.76. The van der Waals surface area contributed by atoms with Crippen molar-refractivity contribution in [1.82, 2.24) is 14.8 Å². The summed E-state index contributed by atoms with van der Waals surface area (Å²) in [7, 11) is 0. The predicted molar refractivity (Wildman–Crippen MR) is 173 cm³/mol. The molecule has 4 fully saturated rings. The number of halogens is 1. The maximum Gasteiger partial charge on any atom is 0.230 e. The number of aromatic nitrogens is 1. The Bertz CT molecular complexity index is 1480. The third kappa shape index (κ3) is 6.10. The zero-order chi connectivity index (χ0) is 29.5. The largest absolute Gasteiger partial charge is 0.489 e. The second kappa shape index (κ2) is 12.5. The number of rotatable bonds is 7. The molecule has 6 nitrogen and oxygen atoms in total. The highest BCUT2D eigenvalue weighted by atomic mass is 35.5. The van der Waals surface area contributed by atoms with Gasteiger partial charge in [0.05, 0.1) is 16.8 Å². The Morgan fingerprint density at radius 3 is 2.33 bits per heavy atom. The summed E-state index contributed by atoms with van der Waals surface area (Å²) < 4.78 is 7.86. The summed E-state index contributed by atoms with van der Waals surface area (Å²) in [5.41, 5.74) is 3.89. The van der Waals surface area contributed by atoms with Crippen LogP contribution in [0.3, 0.4) is 0 Å². The fraction of sp³-hybridized carbons (Fsp3) is 0.571. The van der Waals surface area contributed by atoms with Gasteiger partial charge >= 0.3 is 0 Å². The zero-order valence-corrected chi connectivity index (χ0v) is 26.7. The number of ether oxygens (including phenoxy) is 1. The lowest BCUT2D eigenvalue weighted by atomic mass is 9.77. The number of carbonyl (C=O) groups excluding carboxylic acids is 2. The number of amides is 2. The van der Waals surface area contributed by atoms with Gasteiger partial charge in [0.15, 0.2) is 0 Å². The third-order valence-electron chi connectivity index (χ3n) is 10.5. The Hall–Kier alpha value is -2.48. The number of carbonyl (C=O) groups is 2. The number of aryl methyl sites for hydroxylation is 1. The first-order chi connectivity index (χ1) is 20.9. The molecule has 2 aromatic heterocycles. The number of pyridine rings is 1. The molecule has 2 aliphatic heterocycles. The van der Waals surface area contributed by atoms with Gasteiger partial charge in [-0.1, -0.05) is 37.3 Å². The fourth-order valence-electron chi connectivity index (χ4n) is 8.21. The molecule has 4 heterocycles. The Morgan fingerprint density at radius 2 is 1.60 bits per heavy atom. The van der Waals surface area contributed by atoms with E-state index >= 15 is 0 Å². The van der Waals surface area contributed by atoms with E-state index in [1.165, 1.54) is 56.3 Å². The molecule has 1 aromatic carbocycles. The maximum absolute atomic E-state index is 12.2. The fourth-order valence-corrected chi connectivity index (χ4v) is 9.61. The number of hydrogen-bond donors (Lipinski definition) is 0. The van der Waals surface area contributed by atoms with Crippen molar-refractivity contribution in [2.75, 3.05) is 13.1 Å². The van der Waals surface area contributed by atoms with Crippen molar-refractivity contribution in [2.45, 2.75) is 103 Å². The quantitative estimate of drug-likeness (QED) is 0.250. The van der Waals surface area contributed by atoms with E-state index in [1.807, 2.05) is 30.5 Å². The van der Waals surface area contributed by atoms with E-state index in [0.717, 1.165) is 81.3 Å². The van der Waals surface area contributed by atoms with E-state index in [-0.39, 0.29) is 17.9 Å². The summed E-state index contributed by atoms with van der Waals surface area (Å²) in [6.45, 7) is 4.59. The van der Waals surface area contributed by atoms with Gasteiger partial charge in [0.1, 0.15) is 11.9 Å². The number of likely N-dealkylation sites (tertiary alicyclic amines) is 2. The standard InChI is InChI=1S/C35H42ClN3O3S/c1-22-18-25(36)19-30(29-12-15-37-31-20-28(43-35(29)31)21-39-32(40)10-11-33(39)41)34(22)42-27-13-16-38(17-14-27)26-8-6-24(7-9-26)23-4-2-3-5-23/h12,15,18-20,23-24,26-27H,2-11,13-14,16-17,21H2,1H3. The Morgan fingerprint density at radius 1 is 0.907 bits per heavy atom. The van der Waals surface area contributed by atoms with Crippen molar-refractivity contribution in [3.05, 3.63) is 45.9 Å². The molecule has 2 aliphatic carbocycles. The van der Waals surface area contributed by atoms with Gasteiger partial charge in [-0.05, 0) is 87.1 Å². The lowest BCUT2D eigenvalue weighted by Gasteiger charge is -2.42. The molecule has 2 saturated carbocycles. The van der Waals surface area contributed by atoms with Gasteiger partial charge in [-0.25, -0.2) is 0 Å². The molecule has 43 heavy (non-hydrogen) atoms. The summed E-state index contributed by atoms with van der Waals surface area (Å²) in [4.78, 5) is 34.1. The average molecular weight is 620 g/mol. The molecule has 0 bridgehead atoms. The van der Waals surface area contributed by atoms with E-state index in [0.29, 0.717) is 24.4 Å². The lowest BCUT2D eigenvalue weighted by molar-refractivity contribution is -0.138. The van der Waals surface area contributed by atoms with E-state index in [4.69, 9.17) is 16.3 Å². The number of piperidine rings is 1. The van der Waals surface area contributed by atoms with Crippen LogP contribution in [0.4, 0.5) is 0 Å². The first-order valence-electron chi connectivity index (χ1n) is 16.3. The summed E-state index contributed by atoms with van der Waals surface area (Å²) in [6.07, 6.45) is 16.1. The van der Waals surface area contributed by atoms with E-state index in [9.17, 15) is 9.59 Å². The van der Waals surface area contributed by atoms with E-state index in [1.54, 1.807) is 11.3 Å². The van der Waals surface area contributed by atoms with Gasteiger partial charge in [-0.3, -0.25) is 19.5 Å². The summed E-state index contributed by atoms with van der Waals surface area (Å²) in [5, 5.41) is 0.679. The topological polar surface area (TPSA) is 62.7 Å². The Labute approximate surface area is 263 Å². The summed E-state index contributed by atoms with van der Waals surface area (Å²) in [5.74, 6) is 2.69. The van der Waals surface area contributed by atoms with Gasteiger partial charge < -0.3 is 9.64 Å². The van der Waals surface area contributed by atoms with Crippen LogP contribution < -0.4 is 4.74 Å². The molecule has 0 atom stereocenters. The van der Waals surface area contributed by atoms with Crippen LogP contribution in [0, 0.1) is 18.8 Å². The Balaban J connectivity index is 1.05. The minimum absolute atomic E-state index is 0.0976. The van der Waals surface area contributed by atoms with Crippen molar-refractivity contribution >= 4 is 45.0 Å². The molecular formula is C35H42ClN3O3S. The van der Waals surface area contributed by atoms with Crippen LogP contribution in [0.5, 0.6) is 5.75 Å². The highest BCUT2D eigenvalue weighted by Crippen LogP contribution is 2.43. The summed E-state index contributed by atoms with van der Waals surface area (Å²) >= 11 is 8.20. The van der Waals surface area contributed by atoms with E-state index in [2.05, 4.69) is 16.8 Å². The predicted octanol–water partition coefficient (Wildman–Crippen LogP) is 8.17. The van der Waals surface area contributed by atoms with Crippen LogP contribution in [-0.2, 0) is 16.1 Å². The molecule has 2 amide bonds. The molecule has 0 N–H and O–H groups in total. The molecule has 0 radical (unpaired) electrons. The van der Waals surface area contributed by atoms with Crippen LogP contribution in [0.2, 0.25) is 5.02 Å². The van der Waals surface area contributed by atoms with Gasteiger partial charge in [-0.15, -0.1) is 11.3 Å². The normalized spacial score (nSPS) is 24.5. The van der Waals surface area contributed by atoms with Crippen molar-refractivity contribution in [2.24, 2.45) is 11.8 Å². The average Bonchev–Trinajstić information content (AvgIpc) is 3.77. The molecule has 8 heteroatoms. The monoisotopic (exact) mass is 619 g/mol. The van der Waals surface area contributed by atoms with Crippen molar-refractivity contribution in [3.63, 3.8) is 0 Å². The first kappa shape index (κ1) is 29.2. The molecular weight excluding hydrogens is 578 g/mol. The highest BCUT2D eigenvalue weighted by Gasteiger charge is 2.34. The molecule has 7 rings (SSSR count). The van der Waals surface area contributed by atoms with Crippen LogP contribution in [0.15, 0.2) is 30.5 Å². The van der Waals surface area contributed by atoms with Gasteiger partial charge in [0.2, 0.25) is 11.8 Å². The van der Waals surface area contributed by atoms with Crippen molar-refractivity contribution in [3.8, 4) is 16.9 Å². The number of hydrogen-bond acceptors (Lipinski definition) is 6. The molecule has 3 aromatic rings. The van der Waals surface area contributed by atoms with Crippen LogP contribution in [0.25, 0.3) is 21.3 Å². The maximum atomic E-state index is 12.2. The molecule has 4 aliphatic rings. The van der Waals surface area contributed by atoms with Crippen LogP contribution >= 0.6 is 22.9 Å². The van der Waals surface area contributed by atoms with Crippen molar-refractivity contribution < 1.29 is 14.3 Å². The zero-order valence-electron chi connectivity index (χ0n) is 25.2. The smallest absolute Gasteiger partial charge is 0.230 e. The number of nitrogens with zero attached hydrogens (tertiary/aromatic N) is 3. The van der Waals surface area contributed by atoms with Crippen molar-refractivity contribution in [1.29, 1.82) is 0 Å². The minimum Gasteiger partial charge on any atom is -0.489 e. The second-order valence-corrected chi connectivity index (χ2v) is 14.8. The van der Waals surface area contributed by atoms with Gasteiger partial charge in [-0.2, -0.15) is 0 Å². The molecule has 228 valence electrons. The third-order valence-corrected chi connectivity index (χ3v) is 11.9. The minimum atomic E-state index is -0.0976.